The fourth-order valence-electron chi connectivity index (χ4n) is 2.03. The molecule has 25 heavy (non-hydrogen) atoms. The number of hydrogen-bond acceptors (Lipinski definition) is 5. The number of nitrogens with zero attached hydrogens (tertiary/aromatic N) is 2. The van der Waals surface area contributed by atoms with Crippen molar-refractivity contribution in [3.8, 4) is 0 Å². The Labute approximate surface area is 145 Å². The molecule has 0 bridgehead atoms. The van der Waals surface area contributed by atoms with Crippen LogP contribution in [-0.4, -0.2) is 23.6 Å². The van der Waals surface area contributed by atoms with E-state index in [4.69, 9.17) is 0 Å². The molecule has 0 aliphatic heterocycles. The Balaban J connectivity index is 1.77. The second kappa shape index (κ2) is 8.97. The Kier molecular flexibility index (Phi) is 6.41. The van der Waals surface area contributed by atoms with Crippen molar-refractivity contribution in [1.29, 1.82) is 0 Å². The van der Waals surface area contributed by atoms with Crippen molar-refractivity contribution >= 4 is 29.6 Å². The Hall–Kier alpha value is -3.48. The molecule has 0 atom stereocenters. The second-order valence-corrected chi connectivity index (χ2v) is 5.25. The SMILES string of the molecule is Cc1cccc(NCC(=O)NN=CC=Cc2cccc([N+](=O)[O-])c2)c1. The van der Waals surface area contributed by atoms with Gasteiger partial charge in [-0.15, -0.1) is 0 Å². The third-order valence-corrected chi connectivity index (χ3v) is 3.19. The Bertz CT molecular complexity index is 815. The minimum atomic E-state index is -0.452. The summed E-state index contributed by atoms with van der Waals surface area (Å²) >= 11 is 0. The first-order valence-electron chi connectivity index (χ1n) is 7.58. The molecule has 0 radical (unpaired) electrons. The number of rotatable bonds is 7. The number of hydrogen-bond donors (Lipinski definition) is 2. The van der Waals surface area contributed by atoms with Crippen LogP contribution < -0.4 is 10.7 Å². The Morgan fingerprint density at radius 3 is 2.80 bits per heavy atom. The molecule has 1 amide bonds. The van der Waals surface area contributed by atoms with Crippen LogP contribution in [0.25, 0.3) is 6.08 Å². The number of anilines is 1. The molecule has 0 aliphatic rings. The summed E-state index contributed by atoms with van der Waals surface area (Å²) in [5.74, 6) is -0.276. The first-order chi connectivity index (χ1) is 12.0. The van der Waals surface area contributed by atoms with Crippen molar-refractivity contribution in [2.75, 3.05) is 11.9 Å². The van der Waals surface area contributed by atoms with Crippen LogP contribution >= 0.6 is 0 Å². The molecule has 2 rings (SSSR count). The number of carbonyl (C=O) groups excluding carboxylic acids is 1. The molecule has 7 nitrogen and oxygen atoms in total. The van der Waals surface area contributed by atoms with E-state index in [0.717, 1.165) is 11.3 Å². The van der Waals surface area contributed by atoms with Crippen LogP contribution in [0, 0.1) is 17.0 Å². The lowest BCUT2D eigenvalue weighted by Gasteiger charge is -2.05. The normalized spacial score (nSPS) is 10.9. The first-order valence-corrected chi connectivity index (χ1v) is 7.58. The summed E-state index contributed by atoms with van der Waals surface area (Å²) in [6.45, 7) is 2.08. The summed E-state index contributed by atoms with van der Waals surface area (Å²) < 4.78 is 0. The largest absolute Gasteiger partial charge is 0.376 e. The molecule has 0 saturated carbocycles. The molecule has 0 saturated heterocycles. The van der Waals surface area contributed by atoms with E-state index in [-0.39, 0.29) is 18.1 Å². The summed E-state index contributed by atoms with van der Waals surface area (Å²) in [5.41, 5.74) is 5.06. The summed E-state index contributed by atoms with van der Waals surface area (Å²) in [6, 6.07) is 13.9. The molecule has 0 heterocycles. The van der Waals surface area contributed by atoms with Crippen molar-refractivity contribution in [3.63, 3.8) is 0 Å². The van der Waals surface area contributed by atoms with Gasteiger partial charge in [0.2, 0.25) is 0 Å². The van der Waals surface area contributed by atoms with Gasteiger partial charge in [-0.3, -0.25) is 14.9 Å². The predicted molar refractivity (Wildman–Crippen MR) is 98.4 cm³/mol. The van der Waals surface area contributed by atoms with E-state index >= 15 is 0 Å². The summed E-state index contributed by atoms with van der Waals surface area (Å²) in [6.07, 6.45) is 4.66. The molecule has 0 spiro atoms. The molecule has 2 aromatic rings. The molecule has 0 aromatic heterocycles. The fraction of sp³-hybridized carbons (Fsp3) is 0.111. The maximum absolute atomic E-state index is 11.7. The lowest BCUT2D eigenvalue weighted by atomic mass is 10.2. The van der Waals surface area contributed by atoms with E-state index in [9.17, 15) is 14.9 Å². The van der Waals surface area contributed by atoms with Crippen molar-refractivity contribution in [2.45, 2.75) is 6.92 Å². The molecule has 0 fully saturated rings. The zero-order valence-electron chi connectivity index (χ0n) is 13.7. The van der Waals surface area contributed by atoms with Crippen LogP contribution in [0.4, 0.5) is 11.4 Å². The number of nitro benzene ring substituents is 1. The number of nitrogens with one attached hydrogen (secondary N) is 2. The number of nitro groups is 1. The van der Waals surface area contributed by atoms with Crippen LogP contribution in [0.1, 0.15) is 11.1 Å². The highest BCUT2D eigenvalue weighted by Crippen LogP contribution is 2.13. The third-order valence-electron chi connectivity index (χ3n) is 3.19. The lowest BCUT2D eigenvalue weighted by molar-refractivity contribution is -0.384. The maximum atomic E-state index is 11.7. The van der Waals surface area contributed by atoms with Crippen LogP contribution in [0.5, 0.6) is 0 Å². The molecule has 0 unspecified atom stereocenters. The van der Waals surface area contributed by atoms with Crippen molar-refractivity contribution in [1.82, 2.24) is 5.43 Å². The van der Waals surface area contributed by atoms with E-state index in [2.05, 4.69) is 15.8 Å². The minimum absolute atomic E-state index is 0.0228. The van der Waals surface area contributed by atoms with Crippen LogP contribution in [-0.2, 0) is 4.79 Å². The van der Waals surface area contributed by atoms with Crippen LogP contribution in [0.3, 0.4) is 0 Å². The summed E-state index contributed by atoms with van der Waals surface area (Å²) in [5, 5.41) is 17.5. The minimum Gasteiger partial charge on any atom is -0.376 e. The molecule has 0 aliphatic carbocycles. The van der Waals surface area contributed by atoms with Gasteiger partial charge in [-0.05, 0) is 36.3 Å². The molecule has 2 aromatic carbocycles. The van der Waals surface area contributed by atoms with Gasteiger partial charge < -0.3 is 5.32 Å². The summed E-state index contributed by atoms with van der Waals surface area (Å²) in [4.78, 5) is 21.9. The van der Waals surface area contributed by atoms with Gasteiger partial charge in [0.25, 0.3) is 11.6 Å². The van der Waals surface area contributed by atoms with Gasteiger partial charge in [0.05, 0.1) is 11.5 Å². The number of amides is 1. The van der Waals surface area contributed by atoms with Gasteiger partial charge in [0.15, 0.2) is 0 Å². The fourth-order valence-corrected chi connectivity index (χ4v) is 2.03. The number of aryl methyl sites for hydroxylation is 1. The predicted octanol–water partition coefficient (Wildman–Crippen LogP) is 3.13. The first kappa shape index (κ1) is 17.9. The number of carbonyl (C=O) groups is 1. The van der Waals surface area contributed by atoms with Crippen LogP contribution in [0.2, 0.25) is 0 Å². The van der Waals surface area contributed by atoms with E-state index in [1.54, 1.807) is 24.3 Å². The third kappa shape index (κ3) is 6.26. The lowest BCUT2D eigenvalue weighted by Crippen LogP contribution is -2.25. The second-order valence-electron chi connectivity index (χ2n) is 5.25. The number of hydrazone groups is 1. The van der Waals surface area contributed by atoms with Gasteiger partial charge in [0, 0.05) is 24.0 Å². The van der Waals surface area contributed by atoms with E-state index < -0.39 is 4.92 Å². The zero-order chi connectivity index (χ0) is 18.1. The smallest absolute Gasteiger partial charge is 0.270 e. The van der Waals surface area contributed by atoms with E-state index in [1.165, 1.54) is 18.3 Å². The van der Waals surface area contributed by atoms with Gasteiger partial charge >= 0.3 is 0 Å². The number of benzene rings is 2. The number of allylic oxidation sites excluding steroid dienone is 1. The van der Waals surface area contributed by atoms with Crippen molar-refractivity contribution in [3.05, 3.63) is 75.8 Å². The molecule has 128 valence electrons. The van der Waals surface area contributed by atoms with Gasteiger partial charge in [-0.2, -0.15) is 5.10 Å². The monoisotopic (exact) mass is 338 g/mol. The molecular weight excluding hydrogens is 320 g/mol. The van der Waals surface area contributed by atoms with Gasteiger partial charge in [-0.25, -0.2) is 5.43 Å². The zero-order valence-corrected chi connectivity index (χ0v) is 13.7. The highest BCUT2D eigenvalue weighted by molar-refractivity contribution is 5.83. The van der Waals surface area contributed by atoms with Crippen molar-refractivity contribution in [2.24, 2.45) is 5.10 Å². The molecular formula is C18H18N4O3. The van der Waals surface area contributed by atoms with Gasteiger partial charge in [-0.1, -0.05) is 30.3 Å². The number of non-ortho nitro benzene ring substituents is 1. The maximum Gasteiger partial charge on any atom is 0.270 e. The van der Waals surface area contributed by atoms with E-state index in [0.29, 0.717) is 5.56 Å². The molecule has 2 N–H and O–H groups in total. The average Bonchev–Trinajstić information content (AvgIpc) is 2.60. The highest BCUT2D eigenvalue weighted by Gasteiger charge is 2.03. The Morgan fingerprint density at radius 1 is 1.24 bits per heavy atom. The molecule has 7 heteroatoms. The van der Waals surface area contributed by atoms with Crippen LogP contribution in [0.15, 0.2) is 59.7 Å². The van der Waals surface area contributed by atoms with Crippen molar-refractivity contribution < 1.29 is 9.72 Å². The van der Waals surface area contributed by atoms with E-state index in [1.807, 2.05) is 31.2 Å². The Morgan fingerprint density at radius 2 is 2.04 bits per heavy atom. The summed E-state index contributed by atoms with van der Waals surface area (Å²) in [7, 11) is 0. The topological polar surface area (TPSA) is 96.6 Å². The average molecular weight is 338 g/mol. The highest BCUT2D eigenvalue weighted by atomic mass is 16.6. The van der Waals surface area contributed by atoms with Gasteiger partial charge in [0.1, 0.15) is 0 Å². The quantitative estimate of drug-likeness (QED) is 0.460. The standard InChI is InChI=1S/C18H18N4O3/c1-14-5-2-8-16(11-14)19-13-18(23)21-20-10-4-7-15-6-3-9-17(12-15)22(24)25/h2-12,19H,13H2,1H3,(H,21,23).